The van der Waals surface area contributed by atoms with Gasteiger partial charge in [0.25, 0.3) is 0 Å². The van der Waals surface area contributed by atoms with Crippen molar-refractivity contribution in [1.82, 2.24) is 9.78 Å². The Balaban J connectivity index is 2.27. The zero-order valence-electron chi connectivity index (χ0n) is 10.3. The van der Waals surface area contributed by atoms with Crippen LogP contribution in [-0.4, -0.2) is 9.78 Å². The third kappa shape index (κ3) is 3.67. The van der Waals surface area contributed by atoms with E-state index in [-0.39, 0.29) is 10.7 Å². The van der Waals surface area contributed by atoms with Gasteiger partial charge in [0, 0.05) is 11.8 Å². The van der Waals surface area contributed by atoms with E-state index in [0.717, 1.165) is 0 Å². The Hall–Kier alpha value is -2.19. The highest BCUT2D eigenvalue weighted by Crippen LogP contribution is 2.35. The molecule has 3 nitrogen and oxygen atoms in total. The predicted molar refractivity (Wildman–Crippen MR) is 62.3 cm³/mol. The molecule has 0 atom stereocenters. The number of hydrogen-bond donors (Lipinski definition) is 1. The molecule has 0 unspecified atom stereocenters. The maximum atomic E-state index is 12.7. The number of hydrogen-bond acceptors (Lipinski definition) is 2. The van der Waals surface area contributed by atoms with Crippen LogP contribution in [0.4, 0.5) is 32.0 Å². The fraction of sp³-hybridized carbons (Fsp3) is 0.250. The molecule has 1 heterocycles. The molecular weight excluding hydrogens is 300 g/mol. The molecule has 0 spiro atoms. The van der Waals surface area contributed by atoms with Gasteiger partial charge in [-0.1, -0.05) is 18.2 Å². The van der Waals surface area contributed by atoms with Crippen LogP contribution in [-0.2, 0) is 19.0 Å². The Bertz CT molecular complexity index is 600. The Kier molecular flexibility index (Phi) is 3.84. The lowest BCUT2D eigenvalue weighted by atomic mass is 10.3. The molecule has 0 saturated carbocycles. The van der Waals surface area contributed by atoms with E-state index in [1.807, 2.05) is 0 Å². The van der Waals surface area contributed by atoms with Gasteiger partial charge < -0.3 is 5.32 Å². The molecular formula is C12H9F6N3. The first-order valence-corrected chi connectivity index (χ1v) is 5.69. The number of anilines is 1. The Morgan fingerprint density at radius 1 is 0.952 bits per heavy atom. The summed E-state index contributed by atoms with van der Waals surface area (Å²) in [5.74, 6) is 0. The standard InChI is InChI=1S/C12H9F6N3/c13-11(14,15)9-6-10(12(16,17)18)21(20-9)7-19-8-4-2-1-3-5-8/h1-6,19H,7H2. The van der Waals surface area contributed by atoms with Crippen LogP contribution in [0, 0.1) is 0 Å². The number of para-hydroxylation sites is 1. The van der Waals surface area contributed by atoms with Gasteiger partial charge >= 0.3 is 12.4 Å². The van der Waals surface area contributed by atoms with E-state index in [1.54, 1.807) is 30.3 Å². The number of nitrogens with zero attached hydrogens (tertiary/aromatic N) is 2. The van der Waals surface area contributed by atoms with E-state index in [9.17, 15) is 26.3 Å². The Labute approximate surface area is 115 Å². The number of alkyl halides is 6. The van der Waals surface area contributed by atoms with Crippen LogP contribution in [0.3, 0.4) is 0 Å². The number of benzene rings is 1. The van der Waals surface area contributed by atoms with E-state index < -0.39 is 30.4 Å². The largest absolute Gasteiger partial charge is 0.435 e. The second kappa shape index (κ2) is 5.30. The van der Waals surface area contributed by atoms with Crippen LogP contribution in [0.25, 0.3) is 0 Å². The van der Waals surface area contributed by atoms with Crippen LogP contribution in [0.5, 0.6) is 0 Å². The van der Waals surface area contributed by atoms with Crippen LogP contribution in [0.15, 0.2) is 36.4 Å². The number of aromatic nitrogens is 2. The molecule has 0 radical (unpaired) electrons. The molecule has 21 heavy (non-hydrogen) atoms. The molecule has 0 fully saturated rings. The average molecular weight is 309 g/mol. The normalized spacial score (nSPS) is 12.5. The van der Waals surface area contributed by atoms with Gasteiger partial charge in [-0.3, -0.25) is 0 Å². The first kappa shape index (κ1) is 15.2. The lowest BCUT2D eigenvalue weighted by Crippen LogP contribution is -2.18. The molecule has 0 aliphatic carbocycles. The van der Waals surface area contributed by atoms with Crippen molar-refractivity contribution in [2.45, 2.75) is 19.0 Å². The fourth-order valence-electron chi connectivity index (χ4n) is 1.63. The summed E-state index contributed by atoms with van der Waals surface area (Å²) in [4.78, 5) is 0. The van der Waals surface area contributed by atoms with Crippen LogP contribution in [0.2, 0.25) is 0 Å². The van der Waals surface area contributed by atoms with E-state index in [1.165, 1.54) is 0 Å². The lowest BCUT2D eigenvalue weighted by Gasteiger charge is -2.11. The predicted octanol–water partition coefficient (Wildman–Crippen LogP) is 3.99. The zero-order chi connectivity index (χ0) is 15.7. The minimum absolute atomic E-state index is 0.00727. The summed E-state index contributed by atoms with van der Waals surface area (Å²) in [5.41, 5.74) is -2.57. The number of halogens is 6. The van der Waals surface area contributed by atoms with Crippen molar-refractivity contribution in [3.63, 3.8) is 0 Å². The third-order valence-corrected chi connectivity index (χ3v) is 2.57. The Morgan fingerprint density at radius 3 is 2.10 bits per heavy atom. The van der Waals surface area contributed by atoms with Crippen molar-refractivity contribution in [2.75, 3.05) is 5.32 Å². The minimum Gasteiger partial charge on any atom is -0.366 e. The van der Waals surface area contributed by atoms with Crippen molar-refractivity contribution < 1.29 is 26.3 Å². The monoisotopic (exact) mass is 309 g/mol. The number of nitrogens with one attached hydrogen (secondary N) is 1. The smallest absolute Gasteiger partial charge is 0.366 e. The summed E-state index contributed by atoms with van der Waals surface area (Å²) in [5, 5.41) is 5.54. The van der Waals surface area contributed by atoms with Gasteiger partial charge in [-0.05, 0) is 12.1 Å². The first-order valence-electron chi connectivity index (χ1n) is 5.69. The third-order valence-electron chi connectivity index (χ3n) is 2.57. The summed E-state index contributed by atoms with van der Waals surface area (Å²) in [6.45, 7) is -0.533. The second-order valence-electron chi connectivity index (χ2n) is 4.11. The molecule has 0 saturated heterocycles. The summed E-state index contributed by atoms with van der Waals surface area (Å²) >= 11 is 0. The van der Waals surface area contributed by atoms with Crippen molar-refractivity contribution in [2.24, 2.45) is 0 Å². The summed E-state index contributed by atoms with van der Waals surface area (Å²) in [6.07, 6.45) is -9.85. The van der Waals surface area contributed by atoms with Gasteiger partial charge in [-0.2, -0.15) is 31.4 Å². The molecule has 2 aromatic rings. The molecule has 0 aliphatic heterocycles. The summed E-state index contributed by atoms with van der Waals surface area (Å²) in [6, 6.07) is 8.10. The molecule has 1 aromatic carbocycles. The first-order chi connectivity index (χ1) is 9.68. The van der Waals surface area contributed by atoms with Crippen LogP contribution < -0.4 is 5.32 Å². The molecule has 0 amide bonds. The van der Waals surface area contributed by atoms with E-state index in [4.69, 9.17) is 0 Å². The topological polar surface area (TPSA) is 29.9 Å². The van der Waals surface area contributed by atoms with Crippen molar-refractivity contribution >= 4 is 5.69 Å². The van der Waals surface area contributed by atoms with Crippen LogP contribution in [0.1, 0.15) is 11.4 Å². The molecule has 2 rings (SSSR count). The van der Waals surface area contributed by atoms with E-state index in [0.29, 0.717) is 5.69 Å². The second-order valence-corrected chi connectivity index (χ2v) is 4.11. The fourth-order valence-corrected chi connectivity index (χ4v) is 1.63. The molecule has 114 valence electrons. The highest BCUT2D eigenvalue weighted by atomic mass is 19.4. The van der Waals surface area contributed by atoms with Gasteiger partial charge in [-0.15, -0.1) is 0 Å². The summed E-state index contributed by atoms with van der Waals surface area (Å²) in [7, 11) is 0. The molecule has 0 aliphatic rings. The van der Waals surface area contributed by atoms with E-state index >= 15 is 0 Å². The average Bonchev–Trinajstić information content (AvgIpc) is 2.81. The van der Waals surface area contributed by atoms with E-state index in [2.05, 4.69) is 10.4 Å². The quantitative estimate of drug-likeness (QED) is 0.869. The highest BCUT2D eigenvalue weighted by molar-refractivity contribution is 5.41. The molecule has 1 aromatic heterocycles. The highest BCUT2D eigenvalue weighted by Gasteiger charge is 2.41. The van der Waals surface area contributed by atoms with Gasteiger partial charge in [0.2, 0.25) is 0 Å². The SMILES string of the molecule is FC(F)(F)c1cc(C(F)(F)F)n(CNc2ccccc2)n1. The van der Waals surface area contributed by atoms with Crippen molar-refractivity contribution in [1.29, 1.82) is 0 Å². The molecule has 0 bridgehead atoms. The van der Waals surface area contributed by atoms with Crippen molar-refractivity contribution in [3.05, 3.63) is 47.8 Å². The summed E-state index contributed by atoms with van der Waals surface area (Å²) < 4.78 is 75.8. The Morgan fingerprint density at radius 2 is 1.57 bits per heavy atom. The lowest BCUT2D eigenvalue weighted by molar-refractivity contribution is -0.144. The van der Waals surface area contributed by atoms with Gasteiger partial charge in [0.05, 0.1) is 0 Å². The van der Waals surface area contributed by atoms with Gasteiger partial charge in [-0.25, -0.2) is 4.68 Å². The zero-order valence-corrected chi connectivity index (χ0v) is 10.3. The number of rotatable bonds is 3. The van der Waals surface area contributed by atoms with Gasteiger partial charge in [0.1, 0.15) is 12.4 Å². The van der Waals surface area contributed by atoms with Crippen LogP contribution >= 0.6 is 0 Å². The molecule has 9 heteroatoms. The molecule has 1 N–H and O–H groups in total. The maximum Gasteiger partial charge on any atom is 0.435 e. The van der Waals surface area contributed by atoms with Crippen molar-refractivity contribution in [3.8, 4) is 0 Å². The van der Waals surface area contributed by atoms with Gasteiger partial charge in [0.15, 0.2) is 5.69 Å². The minimum atomic E-state index is -4.93. The maximum absolute atomic E-state index is 12.7.